The fourth-order valence-corrected chi connectivity index (χ4v) is 6.59. The molecule has 0 heterocycles. The average Bonchev–Trinajstić information content (AvgIpc) is 2.47. The fourth-order valence-electron chi connectivity index (χ4n) is 2.65. The van der Waals surface area contributed by atoms with Crippen molar-refractivity contribution in [2.24, 2.45) is 0 Å². The van der Waals surface area contributed by atoms with Crippen molar-refractivity contribution in [1.29, 1.82) is 0 Å². The first kappa shape index (κ1) is 13.3. The van der Waals surface area contributed by atoms with Gasteiger partial charge in [0.25, 0.3) is 0 Å². The third kappa shape index (κ3) is 2.48. The molecule has 0 bridgehead atoms. The standard InChI is InChI=1S/C16H22NP/c1-3-17-18(4-2,15-11-7-5-8-12-15)16-13-9-6-10-14-16/h5-14,17-18H,3-4H2,1-2H3. The summed E-state index contributed by atoms with van der Waals surface area (Å²) in [4.78, 5) is 0. The summed E-state index contributed by atoms with van der Waals surface area (Å²) in [6.45, 7) is 5.52. The Balaban J connectivity index is 2.53. The Labute approximate surface area is 111 Å². The van der Waals surface area contributed by atoms with Crippen molar-refractivity contribution in [2.45, 2.75) is 13.8 Å². The van der Waals surface area contributed by atoms with E-state index in [0.29, 0.717) is 0 Å². The van der Waals surface area contributed by atoms with Gasteiger partial charge >= 0.3 is 110 Å². The first-order valence-corrected chi connectivity index (χ1v) is 8.90. The minimum absolute atomic E-state index is 1.02. The van der Waals surface area contributed by atoms with Crippen LogP contribution in [-0.4, -0.2) is 12.7 Å². The van der Waals surface area contributed by atoms with Gasteiger partial charge in [-0.05, 0) is 0 Å². The molecule has 0 aliphatic rings. The van der Waals surface area contributed by atoms with Gasteiger partial charge in [-0.2, -0.15) is 0 Å². The van der Waals surface area contributed by atoms with Gasteiger partial charge in [0, 0.05) is 0 Å². The second-order valence-electron chi connectivity index (χ2n) is 4.52. The Morgan fingerprint density at radius 2 is 1.22 bits per heavy atom. The molecule has 0 spiro atoms. The molecular formula is C16H22NP. The van der Waals surface area contributed by atoms with Crippen LogP contribution >= 0.6 is 7.41 Å². The molecule has 1 N–H and O–H groups in total. The quantitative estimate of drug-likeness (QED) is 0.814. The third-order valence-electron chi connectivity index (χ3n) is 3.54. The van der Waals surface area contributed by atoms with E-state index in [-0.39, 0.29) is 0 Å². The molecule has 0 amide bonds. The molecule has 0 atom stereocenters. The summed E-state index contributed by atoms with van der Waals surface area (Å²) in [5.41, 5.74) is 0. The Hall–Kier alpha value is -1.17. The van der Waals surface area contributed by atoms with Crippen molar-refractivity contribution in [3.8, 4) is 0 Å². The summed E-state index contributed by atoms with van der Waals surface area (Å²) in [5.74, 6) is 0. The minimum atomic E-state index is -1.77. The molecule has 0 unspecified atom stereocenters. The molecule has 0 radical (unpaired) electrons. The Bertz CT molecular complexity index is 427. The van der Waals surface area contributed by atoms with Crippen LogP contribution in [0, 0.1) is 0 Å². The number of rotatable bonds is 5. The maximum atomic E-state index is 3.82. The van der Waals surface area contributed by atoms with E-state index in [1.165, 1.54) is 16.8 Å². The van der Waals surface area contributed by atoms with Gasteiger partial charge in [0.2, 0.25) is 0 Å². The van der Waals surface area contributed by atoms with E-state index in [9.17, 15) is 0 Å². The van der Waals surface area contributed by atoms with Gasteiger partial charge in [0.05, 0.1) is 0 Å². The van der Waals surface area contributed by atoms with E-state index in [4.69, 9.17) is 0 Å². The van der Waals surface area contributed by atoms with Crippen LogP contribution in [0.5, 0.6) is 0 Å². The molecule has 0 saturated heterocycles. The Kier molecular flexibility index (Phi) is 4.52. The first-order valence-electron chi connectivity index (χ1n) is 6.69. The van der Waals surface area contributed by atoms with Crippen LogP contribution in [0.25, 0.3) is 0 Å². The zero-order valence-electron chi connectivity index (χ0n) is 11.2. The average molecular weight is 259 g/mol. The number of hydrogen-bond acceptors (Lipinski definition) is 1. The van der Waals surface area contributed by atoms with Gasteiger partial charge in [-0.3, -0.25) is 0 Å². The summed E-state index contributed by atoms with van der Waals surface area (Å²) >= 11 is 0. The molecule has 2 aromatic carbocycles. The van der Waals surface area contributed by atoms with Gasteiger partial charge in [-0.25, -0.2) is 0 Å². The van der Waals surface area contributed by atoms with Crippen molar-refractivity contribution in [3.63, 3.8) is 0 Å². The van der Waals surface area contributed by atoms with Crippen molar-refractivity contribution in [2.75, 3.05) is 12.7 Å². The molecule has 96 valence electrons. The van der Waals surface area contributed by atoms with Crippen molar-refractivity contribution in [3.05, 3.63) is 60.7 Å². The van der Waals surface area contributed by atoms with Crippen LogP contribution in [0.15, 0.2) is 60.7 Å². The van der Waals surface area contributed by atoms with E-state index in [1.54, 1.807) is 0 Å². The van der Waals surface area contributed by atoms with Gasteiger partial charge < -0.3 is 0 Å². The molecular weight excluding hydrogens is 237 g/mol. The Morgan fingerprint density at radius 3 is 1.56 bits per heavy atom. The van der Waals surface area contributed by atoms with E-state index < -0.39 is 7.41 Å². The van der Waals surface area contributed by atoms with E-state index >= 15 is 0 Å². The number of nitrogens with one attached hydrogen (secondary N) is 1. The van der Waals surface area contributed by atoms with Gasteiger partial charge in [-0.15, -0.1) is 0 Å². The normalized spacial score (nSPS) is 12.3. The third-order valence-corrected chi connectivity index (χ3v) is 8.20. The zero-order valence-corrected chi connectivity index (χ0v) is 12.2. The van der Waals surface area contributed by atoms with Crippen LogP contribution in [0.2, 0.25) is 0 Å². The first-order chi connectivity index (χ1) is 8.83. The summed E-state index contributed by atoms with van der Waals surface area (Å²) in [5, 5.41) is 6.76. The monoisotopic (exact) mass is 259 g/mol. The molecule has 2 rings (SSSR count). The molecule has 18 heavy (non-hydrogen) atoms. The van der Waals surface area contributed by atoms with Crippen LogP contribution < -0.4 is 15.7 Å². The van der Waals surface area contributed by atoms with Crippen LogP contribution in [0.4, 0.5) is 0 Å². The fraction of sp³-hybridized carbons (Fsp3) is 0.250. The maximum absolute atomic E-state index is 3.82. The molecule has 0 fully saturated rings. The number of benzene rings is 2. The number of hydrogen-bond donors (Lipinski definition) is 1. The van der Waals surface area contributed by atoms with Gasteiger partial charge in [-0.1, -0.05) is 0 Å². The molecule has 0 aromatic heterocycles. The molecule has 0 aliphatic heterocycles. The van der Waals surface area contributed by atoms with Crippen molar-refractivity contribution >= 4 is 18.0 Å². The Morgan fingerprint density at radius 1 is 0.778 bits per heavy atom. The zero-order chi connectivity index (χ0) is 12.8. The molecule has 1 nitrogen and oxygen atoms in total. The van der Waals surface area contributed by atoms with E-state index in [0.717, 1.165) is 6.54 Å². The molecule has 2 aromatic rings. The van der Waals surface area contributed by atoms with E-state index in [1.807, 2.05) is 0 Å². The summed E-state index contributed by atoms with van der Waals surface area (Å²) in [7, 11) is -1.77. The van der Waals surface area contributed by atoms with Crippen LogP contribution in [-0.2, 0) is 0 Å². The summed E-state index contributed by atoms with van der Waals surface area (Å²) in [6, 6.07) is 21.8. The van der Waals surface area contributed by atoms with Crippen molar-refractivity contribution in [1.82, 2.24) is 5.09 Å². The second kappa shape index (κ2) is 6.13. The summed E-state index contributed by atoms with van der Waals surface area (Å²) < 4.78 is 0. The van der Waals surface area contributed by atoms with Gasteiger partial charge in [0.15, 0.2) is 0 Å². The molecule has 0 saturated carbocycles. The van der Waals surface area contributed by atoms with Gasteiger partial charge in [0.1, 0.15) is 0 Å². The molecule has 0 aliphatic carbocycles. The van der Waals surface area contributed by atoms with Crippen LogP contribution in [0.3, 0.4) is 0 Å². The second-order valence-corrected chi connectivity index (χ2v) is 8.55. The van der Waals surface area contributed by atoms with Crippen molar-refractivity contribution < 1.29 is 0 Å². The van der Waals surface area contributed by atoms with Crippen LogP contribution in [0.1, 0.15) is 13.8 Å². The molecule has 2 heteroatoms. The predicted molar refractivity (Wildman–Crippen MR) is 84.7 cm³/mol. The SMILES string of the molecule is CCN[PH](CC)(c1ccccc1)c1ccccc1. The predicted octanol–water partition coefficient (Wildman–Crippen LogP) is 2.93. The summed E-state index contributed by atoms with van der Waals surface area (Å²) in [6.07, 6.45) is 1.18. The topological polar surface area (TPSA) is 12.0 Å². The van der Waals surface area contributed by atoms with E-state index in [2.05, 4.69) is 79.6 Å².